The van der Waals surface area contributed by atoms with E-state index in [4.69, 9.17) is 11.1 Å². The number of nitrogen functional groups attached to an aromatic ring is 1. The van der Waals surface area contributed by atoms with Crippen LogP contribution in [-0.4, -0.2) is 35.1 Å². The van der Waals surface area contributed by atoms with E-state index >= 15 is 0 Å². The van der Waals surface area contributed by atoms with Crippen LogP contribution in [0.2, 0.25) is 0 Å². The molecule has 0 fully saturated rings. The normalized spacial score (nSPS) is 10.6. The molecule has 0 aromatic carbocycles. The van der Waals surface area contributed by atoms with Gasteiger partial charge in [-0.05, 0) is 37.2 Å². The summed E-state index contributed by atoms with van der Waals surface area (Å²) < 4.78 is 0.786. The Hall–Kier alpha value is -1.67. The fourth-order valence-corrected chi connectivity index (χ4v) is 3.65. The van der Waals surface area contributed by atoms with Gasteiger partial charge in [0.1, 0.15) is 10.9 Å². The molecule has 20 heavy (non-hydrogen) atoms. The Bertz CT molecular complexity index is 649. The van der Waals surface area contributed by atoms with Gasteiger partial charge in [0, 0.05) is 19.8 Å². The Morgan fingerprint density at radius 2 is 2.05 bits per heavy atom. The van der Waals surface area contributed by atoms with Crippen LogP contribution in [0, 0.1) is 19.3 Å². The first kappa shape index (κ1) is 14.7. The highest BCUT2D eigenvalue weighted by Crippen LogP contribution is 2.34. The van der Waals surface area contributed by atoms with Gasteiger partial charge in [-0.1, -0.05) is 11.3 Å². The summed E-state index contributed by atoms with van der Waals surface area (Å²) in [5, 5.41) is 17.5. The number of rotatable bonds is 4. The molecule has 0 aliphatic carbocycles. The van der Waals surface area contributed by atoms with Gasteiger partial charge in [-0.15, -0.1) is 10.2 Å². The number of nitrogens with zero attached hydrogens (tertiary/aromatic N) is 4. The van der Waals surface area contributed by atoms with Crippen molar-refractivity contribution in [1.82, 2.24) is 15.2 Å². The minimum atomic E-state index is 0.0230. The Morgan fingerprint density at radius 1 is 1.35 bits per heavy atom. The van der Waals surface area contributed by atoms with Crippen molar-refractivity contribution in [1.29, 1.82) is 5.41 Å². The highest BCUT2D eigenvalue weighted by atomic mass is 32.2. The third kappa shape index (κ3) is 3.07. The summed E-state index contributed by atoms with van der Waals surface area (Å²) in [6.07, 6.45) is 0. The van der Waals surface area contributed by atoms with Crippen molar-refractivity contribution in [2.24, 2.45) is 5.73 Å². The van der Waals surface area contributed by atoms with Crippen molar-refractivity contribution in [2.45, 2.75) is 23.2 Å². The molecule has 6 nitrogen and oxygen atoms in total. The average Bonchev–Trinajstić information content (AvgIpc) is 2.75. The molecule has 2 aromatic heterocycles. The summed E-state index contributed by atoms with van der Waals surface area (Å²) in [4.78, 5) is 6.38. The molecule has 0 saturated heterocycles. The minimum absolute atomic E-state index is 0.0230. The molecule has 0 spiro atoms. The van der Waals surface area contributed by atoms with Gasteiger partial charge < -0.3 is 10.6 Å². The number of hydrogen-bond acceptors (Lipinski definition) is 7. The van der Waals surface area contributed by atoms with Crippen molar-refractivity contribution in [3.63, 3.8) is 0 Å². The third-order valence-corrected chi connectivity index (χ3v) is 4.67. The van der Waals surface area contributed by atoms with Gasteiger partial charge in [0.2, 0.25) is 5.13 Å². The van der Waals surface area contributed by atoms with E-state index in [0.29, 0.717) is 10.6 Å². The van der Waals surface area contributed by atoms with Gasteiger partial charge in [0.05, 0.1) is 5.56 Å². The summed E-state index contributed by atoms with van der Waals surface area (Å²) >= 11 is 2.88. The number of anilines is 1. The monoisotopic (exact) mass is 308 g/mol. The molecule has 0 amide bonds. The molecule has 0 bridgehead atoms. The maximum absolute atomic E-state index is 7.71. The molecule has 0 aliphatic rings. The topological polar surface area (TPSA) is 91.8 Å². The second-order valence-electron chi connectivity index (χ2n) is 4.52. The maximum Gasteiger partial charge on any atom is 0.208 e. The van der Waals surface area contributed by atoms with Crippen molar-refractivity contribution in [2.75, 3.05) is 19.0 Å². The zero-order valence-corrected chi connectivity index (χ0v) is 13.4. The van der Waals surface area contributed by atoms with Crippen LogP contribution in [0.5, 0.6) is 0 Å². The molecule has 0 aliphatic heterocycles. The Balaban J connectivity index is 2.39. The van der Waals surface area contributed by atoms with E-state index in [1.165, 1.54) is 23.1 Å². The second-order valence-corrected chi connectivity index (χ2v) is 6.71. The van der Waals surface area contributed by atoms with Gasteiger partial charge in [-0.25, -0.2) is 4.98 Å². The van der Waals surface area contributed by atoms with E-state index in [0.717, 1.165) is 20.7 Å². The summed E-state index contributed by atoms with van der Waals surface area (Å²) in [5.41, 5.74) is 8.17. The molecule has 2 heterocycles. The molecular weight excluding hydrogens is 292 g/mol. The lowest BCUT2D eigenvalue weighted by atomic mass is 10.1. The Morgan fingerprint density at radius 3 is 2.60 bits per heavy atom. The van der Waals surface area contributed by atoms with E-state index < -0.39 is 0 Å². The minimum Gasteiger partial charge on any atom is -0.384 e. The number of hydrogen-bond donors (Lipinski definition) is 2. The number of nitrogens with two attached hydrogens (primary N) is 1. The first-order chi connectivity index (χ1) is 9.38. The zero-order chi connectivity index (χ0) is 14.9. The van der Waals surface area contributed by atoms with Crippen LogP contribution in [0.25, 0.3) is 0 Å². The fraction of sp³-hybridized carbons (Fsp3) is 0.333. The van der Waals surface area contributed by atoms with Crippen LogP contribution in [0.3, 0.4) is 0 Å². The van der Waals surface area contributed by atoms with E-state index in [-0.39, 0.29) is 5.84 Å². The number of pyridine rings is 1. The molecule has 2 aromatic rings. The Labute approximate surface area is 125 Å². The number of nitrogens with one attached hydrogen (secondary N) is 1. The summed E-state index contributed by atoms with van der Waals surface area (Å²) in [7, 11) is 3.84. The van der Waals surface area contributed by atoms with Crippen molar-refractivity contribution >= 4 is 34.1 Å². The second kappa shape index (κ2) is 5.76. The van der Waals surface area contributed by atoms with Gasteiger partial charge >= 0.3 is 0 Å². The van der Waals surface area contributed by atoms with E-state index in [1.807, 2.05) is 38.9 Å². The number of aromatic nitrogens is 3. The number of amidine groups is 1. The van der Waals surface area contributed by atoms with Gasteiger partial charge in [-0.3, -0.25) is 5.41 Å². The highest BCUT2D eigenvalue weighted by Gasteiger charge is 2.15. The largest absolute Gasteiger partial charge is 0.384 e. The van der Waals surface area contributed by atoms with Crippen LogP contribution in [0.4, 0.5) is 5.13 Å². The molecule has 0 atom stereocenters. The van der Waals surface area contributed by atoms with Gasteiger partial charge in [0.25, 0.3) is 0 Å². The lowest BCUT2D eigenvalue weighted by molar-refractivity contribution is 0.967. The van der Waals surface area contributed by atoms with E-state index in [2.05, 4.69) is 15.2 Å². The average molecular weight is 308 g/mol. The van der Waals surface area contributed by atoms with E-state index in [9.17, 15) is 0 Å². The fourth-order valence-electron chi connectivity index (χ4n) is 1.71. The van der Waals surface area contributed by atoms with Crippen LogP contribution < -0.4 is 10.6 Å². The summed E-state index contributed by atoms with van der Waals surface area (Å²) in [6, 6.07) is 1.92. The molecule has 8 heteroatoms. The maximum atomic E-state index is 7.71. The van der Waals surface area contributed by atoms with E-state index in [1.54, 1.807) is 0 Å². The highest BCUT2D eigenvalue weighted by molar-refractivity contribution is 8.01. The molecule has 0 unspecified atom stereocenters. The van der Waals surface area contributed by atoms with Gasteiger partial charge in [-0.2, -0.15) is 0 Å². The third-order valence-electron chi connectivity index (χ3n) is 2.54. The zero-order valence-electron chi connectivity index (χ0n) is 11.8. The quantitative estimate of drug-likeness (QED) is 0.663. The first-order valence-electron chi connectivity index (χ1n) is 5.89. The van der Waals surface area contributed by atoms with Gasteiger partial charge in [0.15, 0.2) is 4.34 Å². The van der Waals surface area contributed by atoms with Crippen LogP contribution >= 0.6 is 23.1 Å². The molecule has 0 saturated carbocycles. The number of aryl methyl sites for hydroxylation is 2. The van der Waals surface area contributed by atoms with Crippen LogP contribution in [0.15, 0.2) is 15.4 Å². The molecule has 0 radical (unpaired) electrons. The SMILES string of the molecule is Cc1cc(C)c(C(=N)N)c(Sc2nnc(N(C)C)s2)n1. The molecular formula is C12H16N6S2. The molecule has 2 rings (SSSR count). The summed E-state index contributed by atoms with van der Waals surface area (Å²) in [5.74, 6) is 0.0230. The lowest BCUT2D eigenvalue weighted by Crippen LogP contribution is -2.15. The standard InChI is InChI=1S/C12H16N6S2/c1-6-5-7(2)15-10(8(6)9(13)14)19-12-17-16-11(20-12)18(3)4/h5H,1-4H3,(H3,13,14). The molecule has 3 N–H and O–H groups in total. The predicted molar refractivity (Wildman–Crippen MR) is 83.1 cm³/mol. The smallest absolute Gasteiger partial charge is 0.208 e. The van der Waals surface area contributed by atoms with Crippen molar-refractivity contribution in [3.8, 4) is 0 Å². The van der Waals surface area contributed by atoms with Crippen LogP contribution in [0.1, 0.15) is 16.8 Å². The van der Waals surface area contributed by atoms with Crippen molar-refractivity contribution in [3.05, 3.63) is 22.9 Å². The first-order valence-corrected chi connectivity index (χ1v) is 7.53. The summed E-state index contributed by atoms with van der Waals surface area (Å²) in [6.45, 7) is 3.85. The van der Waals surface area contributed by atoms with Crippen molar-refractivity contribution < 1.29 is 0 Å². The lowest BCUT2D eigenvalue weighted by Gasteiger charge is -2.10. The predicted octanol–water partition coefficient (Wildman–Crippen LogP) is 2.05. The molecule has 106 valence electrons. The Kier molecular flexibility index (Phi) is 4.24. The van der Waals surface area contributed by atoms with Crippen LogP contribution in [-0.2, 0) is 0 Å².